The van der Waals surface area contributed by atoms with E-state index in [1.165, 1.54) is 6.07 Å². The summed E-state index contributed by atoms with van der Waals surface area (Å²) in [5.41, 5.74) is 1.98. The number of likely N-dealkylation sites (N-methyl/N-ethyl adjacent to an activating group) is 1. The van der Waals surface area contributed by atoms with Crippen LogP contribution in [0.15, 0.2) is 18.2 Å². The fraction of sp³-hybridized carbons (Fsp3) is 0.571. The van der Waals surface area contributed by atoms with Gasteiger partial charge in [0.05, 0.1) is 11.5 Å². The van der Waals surface area contributed by atoms with E-state index in [-0.39, 0.29) is 10.6 Å². The smallest absolute Gasteiger partial charge is 0.269 e. The third kappa shape index (κ3) is 4.79. The monoisotopic (exact) mass is 281 g/mol. The van der Waals surface area contributed by atoms with Crippen LogP contribution >= 0.6 is 0 Å². The van der Waals surface area contributed by atoms with E-state index in [1.54, 1.807) is 12.1 Å². The molecule has 0 saturated heterocycles. The topological polar surface area (TPSA) is 67.6 Å². The van der Waals surface area contributed by atoms with Gasteiger partial charge in [0.25, 0.3) is 5.69 Å². The average molecular weight is 281 g/mol. The van der Waals surface area contributed by atoms with Crippen molar-refractivity contribution in [2.75, 3.05) is 38.7 Å². The lowest BCUT2D eigenvalue weighted by atomic mass is 10.1. The summed E-state index contributed by atoms with van der Waals surface area (Å²) in [7, 11) is 1.82. The van der Waals surface area contributed by atoms with E-state index in [9.17, 15) is 10.1 Å². The number of anilines is 1. The fourth-order valence-corrected chi connectivity index (χ4v) is 2.00. The van der Waals surface area contributed by atoms with E-state index in [2.05, 4.69) is 17.1 Å². The Balaban J connectivity index is 2.81. The van der Waals surface area contributed by atoms with E-state index in [0.717, 1.165) is 24.3 Å². The zero-order valence-electron chi connectivity index (χ0n) is 12.4. The molecule has 0 radical (unpaired) electrons. The van der Waals surface area contributed by atoms with Gasteiger partial charge in [0, 0.05) is 44.6 Å². The van der Waals surface area contributed by atoms with E-state index in [1.807, 2.05) is 14.0 Å². The first-order valence-electron chi connectivity index (χ1n) is 6.87. The molecule has 0 aromatic heterocycles. The molecule has 0 amide bonds. The molecule has 1 aromatic carbocycles. The number of non-ortho nitro benzene ring substituents is 1. The standard InChI is InChI=1S/C14H23N3O3/c1-4-16(8-9-20-5-2)11-12-10-13(17(18)19)6-7-14(12)15-3/h6-7,10,15H,4-5,8-9,11H2,1-3H3. The molecular weight excluding hydrogens is 258 g/mol. The van der Waals surface area contributed by atoms with Gasteiger partial charge in [-0.1, -0.05) is 6.92 Å². The lowest BCUT2D eigenvalue weighted by Gasteiger charge is -2.21. The van der Waals surface area contributed by atoms with Gasteiger partial charge in [-0.05, 0) is 25.1 Å². The Morgan fingerprint density at radius 1 is 1.40 bits per heavy atom. The molecule has 0 aliphatic rings. The van der Waals surface area contributed by atoms with Crippen molar-refractivity contribution in [3.05, 3.63) is 33.9 Å². The molecule has 0 atom stereocenters. The van der Waals surface area contributed by atoms with Crippen molar-refractivity contribution >= 4 is 11.4 Å². The molecule has 0 fully saturated rings. The second kappa shape index (κ2) is 8.50. The maximum Gasteiger partial charge on any atom is 0.269 e. The lowest BCUT2D eigenvalue weighted by Crippen LogP contribution is -2.27. The molecule has 112 valence electrons. The Morgan fingerprint density at radius 2 is 2.15 bits per heavy atom. The van der Waals surface area contributed by atoms with E-state index in [4.69, 9.17) is 4.74 Å². The summed E-state index contributed by atoms with van der Waals surface area (Å²) < 4.78 is 5.36. The van der Waals surface area contributed by atoms with Crippen LogP contribution in [0.25, 0.3) is 0 Å². The van der Waals surface area contributed by atoms with Crippen LogP contribution in [0.4, 0.5) is 11.4 Å². The van der Waals surface area contributed by atoms with Crippen molar-refractivity contribution in [1.29, 1.82) is 0 Å². The summed E-state index contributed by atoms with van der Waals surface area (Å²) in [6, 6.07) is 4.91. The second-order valence-electron chi connectivity index (χ2n) is 4.41. The Morgan fingerprint density at radius 3 is 2.70 bits per heavy atom. The van der Waals surface area contributed by atoms with Gasteiger partial charge in [-0.3, -0.25) is 15.0 Å². The Bertz CT molecular complexity index is 438. The predicted octanol–water partition coefficient (Wildman–Crippen LogP) is 2.49. The fourth-order valence-electron chi connectivity index (χ4n) is 2.00. The maximum absolute atomic E-state index is 10.9. The summed E-state index contributed by atoms with van der Waals surface area (Å²) >= 11 is 0. The molecule has 0 heterocycles. The number of hydrogen-bond donors (Lipinski definition) is 1. The van der Waals surface area contributed by atoms with Crippen LogP contribution in [-0.4, -0.2) is 43.2 Å². The number of hydrogen-bond acceptors (Lipinski definition) is 5. The highest BCUT2D eigenvalue weighted by Gasteiger charge is 2.12. The highest BCUT2D eigenvalue weighted by molar-refractivity contribution is 5.55. The van der Waals surface area contributed by atoms with Crippen LogP contribution in [-0.2, 0) is 11.3 Å². The van der Waals surface area contributed by atoms with Crippen LogP contribution in [0.5, 0.6) is 0 Å². The van der Waals surface area contributed by atoms with Crippen molar-refractivity contribution in [1.82, 2.24) is 4.90 Å². The second-order valence-corrected chi connectivity index (χ2v) is 4.41. The summed E-state index contributed by atoms with van der Waals surface area (Å²) in [6.45, 7) is 7.78. The minimum Gasteiger partial charge on any atom is -0.388 e. The highest BCUT2D eigenvalue weighted by Crippen LogP contribution is 2.23. The Kier molecular flexibility index (Phi) is 6.97. The summed E-state index contributed by atoms with van der Waals surface area (Å²) in [5.74, 6) is 0. The van der Waals surface area contributed by atoms with Crippen molar-refractivity contribution in [3.63, 3.8) is 0 Å². The van der Waals surface area contributed by atoms with Crippen LogP contribution in [0.2, 0.25) is 0 Å². The van der Waals surface area contributed by atoms with E-state index in [0.29, 0.717) is 19.8 Å². The number of nitro benzene ring substituents is 1. The van der Waals surface area contributed by atoms with Crippen LogP contribution in [0, 0.1) is 10.1 Å². The minimum atomic E-state index is -0.362. The third-order valence-corrected chi connectivity index (χ3v) is 3.17. The molecular formula is C14H23N3O3. The zero-order valence-corrected chi connectivity index (χ0v) is 12.4. The van der Waals surface area contributed by atoms with E-state index < -0.39 is 0 Å². The SMILES string of the molecule is CCOCCN(CC)Cc1cc([N+](=O)[O-])ccc1NC. The zero-order chi connectivity index (χ0) is 15.0. The number of nitrogens with zero attached hydrogens (tertiary/aromatic N) is 2. The van der Waals surface area contributed by atoms with Crippen molar-refractivity contribution in [2.24, 2.45) is 0 Å². The summed E-state index contributed by atoms with van der Waals surface area (Å²) in [6.07, 6.45) is 0. The normalized spacial score (nSPS) is 10.8. The molecule has 0 saturated carbocycles. The number of nitro groups is 1. The van der Waals surface area contributed by atoms with Gasteiger partial charge >= 0.3 is 0 Å². The van der Waals surface area contributed by atoms with Crippen molar-refractivity contribution in [2.45, 2.75) is 20.4 Å². The predicted molar refractivity (Wildman–Crippen MR) is 80.1 cm³/mol. The number of ether oxygens (including phenoxy) is 1. The van der Waals surface area contributed by atoms with E-state index >= 15 is 0 Å². The molecule has 1 rings (SSSR count). The first kappa shape index (κ1) is 16.4. The Hall–Kier alpha value is -1.66. The van der Waals surface area contributed by atoms with Gasteiger partial charge in [-0.25, -0.2) is 0 Å². The molecule has 1 N–H and O–H groups in total. The average Bonchev–Trinajstić information content (AvgIpc) is 2.46. The molecule has 0 bridgehead atoms. The molecule has 0 aliphatic heterocycles. The van der Waals surface area contributed by atoms with Gasteiger partial charge in [0.1, 0.15) is 0 Å². The number of nitrogens with one attached hydrogen (secondary N) is 1. The van der Waals surface area contributed by atoms with Gasteiger partial charge in [-0.2, -0.15) is 0 Å². The molecule has 0 spiro atoms. The molecule has 1 aromatic rings. The summed E-state index contributed by atoms with van der Waals surface area (Å²) in [4.78, 5) is 12.7. The first-order valence-corrected chi connectivity index (χ1v) is 6.87. The Labute approximate surface area is 119 Å². The first-order chi connectivity index (χ1) is 9.62. The number of benzene rings is 1. The van der Waals surface area contributed by atoms with Crippen LogP contribution in [0.3, 0.4) is 0 Å². The van der Waals surface area contributed by atoms with Crippen LogP contribution in [0.1, 0.15) is 19.4 Å². The molecule has 6 nitrogen and oxygen atoms in total. The van der Waals surface area contributed by atoms with Crippen LogP contribution < -0.4 is 5.32 Å². The molecule has 0 unspecified atom stereocenters. The van der Waals surface area contributed by atoms with Gasteiger partial charge < -0.3 is 10.1 Å². The maximum atomic E-state index is 10.9. The summed E-state index contributed by atoms with van der Waals surface area (Å²) in [5, 5.41) is 13.9. The minimum absolute atomic E-state index is 0.125. The van der Waals surface area contributed by atoms with Gasteiger partial charge in [0.15, 0.2) is 0 Å². The van der Waals surface area contributed by atoms with Crippen molar-refractivity contribution in [3.8, 4) is 0 Å². The van der Waals surface area contributed by atoms with Crippen molar-refractivity contribution < 1.29 is 9.66 Å². The number of rotatable bonds is 9. The van der Waals surface area contributed by atoms with Gasteiger partial charge in [0.2, 0.25) is 0 Å². The molecule has 0 aliphatic carbocycles. The largest absolute Gasteiger partial charge is 0.388 e. The molecule has 6 heteroatoms. The van der Waals surface area contributed by atoms with Gasteiger partial charge in [-0.15, -0.1) is 0 Å². The quantitative estimate of drug-likeness (QED) is 0.428. The highest BCUT2D eigenvalue weighted by atomic mass is 16.6. The third-order valence-electron chi connectivity index (χ3n) is 3.17. The lowest BCUT2D eigenvalue weighted by molar-refractivity contribution is -0.384. The molecule has 20 heavy (non-hydrogen) atoms.